The summed E-state index contributed by atoms with van der Waals surface area (Å²) in [6.07, 6.45) is -6.29. The van der Waals surface area contributed by atoms with Crippen LogP contribution in [0.4, 0.5) is 23.4 Å². The molecule has 37 heavy (non-hydrogen) atoms. The second-order valence-electron chi connectivity index (χ2n) is 8.86. The molecule has 11 heteroatoms. The summed E-state index contributed by atoms with van der Waals surface area (Å²) in [5, 5.41) is 10.0. The molecule has 3 heterocycles. The van der Waals surface area contributed by atoms with Crippen LogP contribution in [0.25, 0.3) is 5.52 Å². The maximum atomic E-state index is 14.6. The number of pyridine rings is 1. The number of fused-ring (bicyclic) bond motifs is 1. The average molecular weight is 518 g/mol. The van der Waals surface area contributed by atoms with Crippen molar-refractivity contribution < 1.29 is 27.1 Å². The third kappa shape index (κ3) is 6.51. The molecule has 7 nitrogen and oxygen atoms in total. The van der Waals surface area contributed by atoms with Gasteiger partial charge in [-0.25, -0.2) is 8.91 Å². The number of carbonyl (C=O) groups is 1. The van der Waals surface area contributed by atoms with Crippen molar-refractivity contribution in [2.24, 2.45) is 0 Å². The third-order valence-corrected chi connectivity index (χ3v) is 6.09. The van der Waals surface area contributed by atoms with E-state index in [4.69, 9.17) is 4.74 Å². The number of methoxy groups -OCH3 is 1. The van der Waals surface area contributed by atoms with Gasteiger partial charge in [0.1, 0.15) is 23.4 Å². The molecule has 0 radical (unpaired) electrons. The first kappa shape index (κ1) is 26.3. The van der Waals surface area contributed by atoms with E-state index in [0.717, 1.165) is 0 Å². The minimum atomic E-state index is -4.48. The molecule has 2 atom stereocenters. The summed E-state index contributed by atoms with van der Waals surface area (Å²) in [5.74, 6) is 5.86. The molecule has 1 fully saturated rings. The van der Waals surface area contributed by atoms with Gasteiger partial charge >= 0.3 is 6.18 Å². The van der Waals surface area contributed by atoms with Crippen molar-refractivity contribution in [1.82, 2.24) is 19.8 Å². The lowest BCUT2D eigenvalue weighted by Gasteiger charge is -2.33. The number of halogens is 4. The van der Waals surface area contributed by atoms with E-state index in [1.807, 2.05) is 11.9 Å². The standard InChI is InChI=1S/C26H27F4N5O2/c1-34-13-11-22(20(27)16-34)32-24-10-4-9-23-19(15-26(28,29)30)21(33-35(23)24)8-5-12-31-25(36)17-6-3-7-18(14-17)37-2/h3-4,6-7,9-10,14,20,22,32H,11-13,15-16H2,1-2H3,(H,31,36)/t20-,22+/m0/s1. The van der Waals surface area contributed by atoms with Gasteiger partial charge in [-0.05, 0) is 49.7 Å². The number of benzene rings is 1. The number of nitrogens with zero attached hydrogens (tertiary/aromatic N) is 3. The summed E-state index contributed by atoms with van der Waals surface area (Å²) in [6.45, 7) is 0.870. The van der Waals surface area contributed by atoms with E-state index < -0.39 is 30.7 Å². The van der Waals surface area contributed by atoms with Crippen molar-refractivity contribution in [3.8, 4) is 17.6 Å². The van der Waals surface area contributed by atoms with Gasteiger partial charge in [-0.15, -0.1) is 0 Å². The highest BCUT2D eigenvalue weighted by Gasteiger charge is 2.32. The monoisotopic (exact) mass is 517 g/mol. The molecular weight excluding hydrogens is 490 g/mol. The minimum absolute atomic E-state index is 0.0534. The molecule has 0 saturated carbocycles. The van der Waals surface area contributed by atoms with Crippen molar-refractivity contribution >= 4 is 17.2 Å². The number of anilines is 1. The fourth-order valence-corrected chi connectivity index (χ4v) is 4.23. The first-order valence-corrected chi connectivity index (χ1v) is 11.7. The fourth-order valence-electron chi connectivity index (χ4n) is 4.23. The van der Waals surface area contributed by atoms with Gasteiger partial charge in [0.05, 0.1) is 31.6 Å². The van der Waals surface area contributed by atoms with Crippen LogP contribution in [-0.4, -0.2) is 72.6 Å². The molecule has 1 aliphatic rings. The van der Waals surface area contributed by atoms with Gasteiger partial charge in [-0.3, -0.25) is 4.79 Å². The van der Waals surface area contributed by atoms with E-state index in [-0.39, 0.29) is 29.9 Å². The predicted molar refractivity (Wildman–Crippen MR) is 132 cm³/mol. The molecule has 0 aliphatic carbocycles. The van der Waals surface area contributed by atoms with Crippen LogP contribution in [0.1, 0.15) is 28.0 Å². The summed E-state index contributed by atoms with van der Waals surface area (Å²) in [6, 6.07) is 10.8. The molecule has 0 spiro atoms. The Hall–Kier alpha value is -3.78. The molecule has 4 rings (SSSR count). The van der Waals surface area contributed by atoms with Crippen LogP contribution < -0.4 is 15.4 Å². The van der Waals surface area contributed by atoms with Crippen molar-refractivity contribution in [3.63, 3.8) is 0 Å². The van der Waals surface area contributed by atoms with Gasteiger partial charge in [0.25, 0.3) is 5.91 Å². The highest BCUT2D eigenvalue weighted by Crippen LogP contribution is 2.28. The maximum absolute atomic E-state index is 14.6. The smallest absolute Gasteiger partial charge is 0.393 e. The summed E-state index contributed by atoms with van der Waals surface area (Å²) in [4.78, 5) is 14.2. The first-order valence-electron chi connectivity index (χ1n) is 11.7. The number of nitrogens with one attached hydrogen (secondary N) is 2. The molecule has 0 unspecified atom stereocenters. The van der Waals surface area contributed by atoms with E-state index >= 15 is 0 Å². The van der Waals surface area contributed by atoms with E-state index in [9.17, 15) is 22.4 Å². The third-order valence-electron chi connectivity index (χ3n) is 6.09. The molecule has 0 bridgehead atoms. The number of ether oxygens (including phenoxy) is 1. The number of amides is 1. The largest absolute Gasteiger partial charge is 0.497 e. The number of carbonyl (C=O) groups excluding carboxylic acids is 1. The molecule has 3 aromatic rings. The van der Waals surface area contributed by atoms with E-state index in [0.29, 0.717) is 30.1 Å². The summed E-state index contributed by atoms with van der Waals surface area (Å²) in [7, 11) is 3.32. The van der Waals surface area contributed by atoms with Crippen LogP contribution in [-0.2, 0) is 6.42 Å². The van der Waals surface area contributed by atoms with Crippen molar-refractivity contribution in [2.45, 2.75) is 31.2 Å². The SMILES string of the molecule is COc1cccc(C(=O)NCC#Cc2nn3c(N[C@@H]4CCN(C)C[C@@H]4F)cccc3c2CC(F)(F)F)c1. The number of rotatable bonds is 6. The minimum Gasteiger partial charge on any atom is -0.497 e. The lowest BCUT2D eigenvalue weighted by atomic mass is 10.0. The Morgan fingerprint density at radius 3 is 2.76 bits per heavy atom. The second-order valence-corrected chi connectivity index (χ2v) is 8.86. The summed E-state index contributed by atoms with van der Waals surface area (Å²) in [5.41, 5.74) is 0.461. The molecule has 1 saturated heterocycles. The van der Waals surface area contributed by atoms with Crippen molar-refractivity contribution in [1.29, 1.82) is 0 Å². The van der Waals surface area contributed by atoms with Gasteiger partial charge in [0, 0.05) is 24.2 Å². The Kier molecular flexibility index (Phi) is 7.88. The molecule has 2 N–H and O–H groups in total. The fraction of sp³-hybridized carbons (Fsp3) is 0.385. The maximum Gasteiger partial charge on any atom is 0.393 e. The Morgan fingerprint density at radius 1 is 1.24 bits per heavy atom. The Labute approximate surface area is 211 Å². The highest BCUT2D eigenvalue weighted by atomic mass is 19.4. The predicted octanol–water partition coefficient (Wildman–Crippen LogP) is 3.68. The quantitative estimate of drug-likeness (QED) is 0.386. The number of aromatic nitrogens is 2. The van der Waals surface area contributed by atoms with Gasteiger partial charge in [0.15, 0.2) is 0 Å². The molecule has 196 valence electrons. The van der Waals surface area contributed by atoms with Crippen molar-refractivity contribution in [2.75, 3.05) is 39.1 Å². The van der Waals surface area contributed by atoms with Crippen LogP contribution in [0.3, 0.4) is 0 Å². The Balaban J connectivity index is 1.57. The molecular formula is C26H27F4N5O2. The van der Waals surface area contributed by atoms with Gasteiger partial charge in [-0.2, -0.15) is 18.3 Å². The zero-order valence-electron chi connectivity index (χ0n) is 20.4. The number of hydrogen-bond donors (Lipinski definition) is 2. The zero-order chi connectivity index (χ0) is 26.6. The summed E-state index contributed by atoms with van der Waals surface area (Å²) >= 11 is 0. The van der Waals surface area contributed by atoms with Crippen LogP contribution in [0.2, 0.25) is 0 Å². The lowest BCUT2D eigenvalue weighted by molar-refractivity contribution is -0.127. The number of hydrogen-bond acceptors (Lipinski definition) is 5. The Morgan fingerprint density at radius 2 is 2.03 bits per heavy atom. The van der Waals surface area contributed by atoms with Crippen LogP contribution in [0.5, 0.6) is 5.75 Å². The summed E-state index contributed by atoms with van der Waals surface area (Å²) < 4.78 is 61.2. The van der Waals surface area contributed by atoms with Gasteiger partial charge < -0.3 is 20.3 Å². The number of piperidine rings is 1. The Bertz CT molecular complexity index is 1330. The zero-order valence-corrected chi connectivity index (χ0v) is 20.4. The normalized spacial score (nSPS) is 18.2. The molecule has 1 amide bonds. The van der Waals surface area contributed by atoms with Crippen LogP contribution in [0.15, 0.2) is 42.5 Å². The lowest BCUT2D eigenvalue weighted by Crippen LogP contribution is -2.46. The van der Waals surface area contributed by atoms with Gasteiger partial charge in [0.2, 0.25) is 0 Å². The van der Waals surface area contributed by atoms with E-state index in [1.165, 1.54) is 17.7 Å². The molecule has 1 aliphatic heterocycles. The van der Waals surface area contributed by atoms with E-state index in [1.54, 1.807) is 36.4 Å². The first-order chi connectivity index (χ1) is 17.6. The van der Waals surface area contributed by atoms with Crippen molar-refractivity contribution in [3.05, 3.63) is 59.3 Å². The number of alkyl halides is 4. The average Bonchev–Trinajstić information content (AvgIpc) is 3.20. The van der Waals surface area contributed by atoms with Gasteiger partial charge in [-0.1, -0.05) is 18.1 Å². The topological polar surface area (TPSA) is 70.9 Å². The highest BCUT2D eigenvalue weighted by molar-refractivity contribution is 5.94. The van der Waals surface area contributed by atoms with E-state index in [2.05, 4.69) is 27.6 Å². The second kappa shape index (κ2) is 11.1. The van der Waals surface area contributed by atoms with Crippen LogP contribution >= 0.6 is 0 Å². The number of likely N-dealkylation sites (tertiary alicyclic amines) is 1. The van der Waals surface area contributed by atoms with Crippen LogP contribution in [0, 0.1) is 11.8 Å². The molecule has 2 aromatic heterocycles. The molecule has 1 aromatic carbocycles.